The van der Waals surface area contributed by atoms with Crippen molar-refractivity contribution >= 4 is 28.5 Å². The van der Waals surface area contributed by atoms with E-state index in [-0.39, 0.29) is 11.7 Å². The van der Waals surface area contributed by atoms with Crippen LogP contribution >= 0.6 is 11.6 Å². The summed E-state index contributed by atoms with van der Waals surface area (Å²) in [4.78, 5) is 11.4. The molecule has 1 heterocycles. The predicted molar refractivity (Wildman–Crippen MR) is 100 cm³/mol. The van der Waals surface area contributed by atoms with Crippen molar-refractivity contribution in [1.29, 1.82) is 0 Å². The molecule has 134 valence electrons. The van der Waals surface area contributed by atoms with Gasteiger partial charge < -0.3 is 9.84 Å². The van der Waals surface area contributed by atoms with Gasteiger partial charge in [0.15, 0.2) is 0 Å². The summed E-state index contributed by atoms with van der Waals surface area (Å²) in [5.41, 5.74) is 1.97. The molecule has 0 bridgehead atoms. The Kier molecular flexibility index (Phi) is 4.55. The molecule has 0 amide bonds. The highest BCUT2D eigenvalue weighted by Crippen LogP contribution is 2.30. The van der Waals surface area contributed by atoms with Gasteiger partial charge in [0.1, 0.15) is 5.75 Å². The number of rotatable bonds is 5. The van der Waals surface area contributed by atoms with E-state index in [0.29, 0.717) is 17.0 Å². The summed E-state index contributed by atoms with van der Waals surface area (Å²) in [6, 6.07) is 10.8. The average Bonchev–Trinajstić information content (AvgIpc) is 3.27. The van der Waals surface area contributed by atoms with Gasteiger partial charge in [0.25, 0.3) is 0 Å². The molecule has 0 aliphatic heterocycles. The van der Waals surface area contributed by atoms with Crippen molar-refractivity contribution in [1.82, 2.24) is 9.78 Å². The number of halogens is 1. The standard InChI is InChI=1S/C20H19ClN2O3/c21-14-8-9-19(26-15-4-1-2-5-15)13(10-14)12-23-18-7-3-6-16(20(24)25)17(18)11-22-23/h3,6-11,15H,1-2,4-5,12H2,(H,24,25). The normalized spacial score (nSPS) is 14.8. The van der Waals surface area contributed by atoms with Crippen LogP contribution in [0.4, 0.5) is 0 Å². The van der Waals surface area contributed by atoms with Crippen molar-refractivity contribution in [2.45, 2.75) is 38.3 Å². The molecule has 0 spiro atoms. The van der Waals surface area contributed by atoms with Gasteiger partial charge in [0, 0.05) is 16.0 Å². The fourth-order valence-corrected chi connectivity index (χ4v) is 3.74. The Morgan fingerprint density at radius 3 is 2.85 bits per heavy atom. The highest BCUT2D eigenvalue weighted by atomic mass is 35.5. The van der Waals surface area contributed by atoms with Gasteiger partial charge in [0.05, 0.1) is 29.9 Å². The van der Waals surface area contributed by atoms with Crippen molar-refractivity contribution in [2.75, 3.05) is 0 Å². The highest BCUT2D eigenvalue weighted by Gasteiger charge is 2.19. The first kappa shape index (κ1) is 16.9. The van der Waals surface area contributed by atoms with Gasteiger partial charge in [-0.25, -0.2) is 4.79 Å². The monoisotopic (exact) mass is 370 g/mol. The molecule has 3 aromatic rings. The van der Waals surface area contributed by atoms with E-state index in [1.807, 2.05) is 24.3 Å². The van der Waals surface area contributed by atoms with E-state index in [0.717, 1.165) is 29.7 Å². The Morgan fingerprint density at radius 2 is 2.08 bits per heavy atom. The number of fused-ring (bicyclic) bond motifs is 1. The second kappa shape index (κ2) is 7.00. The molecule has 0 atom stereocenters. The number of carboxylic acids is 1. The highest BCUT2D eigenvalue weighted by molar-refractivity contribution is 6.30. The Morgan fingerprint density at radius 1 is 1.27 bits per heavy atom. The fourth-order valence-electron chi connectivity index (χ4n) is 3.55. The van der Waals surface area contributed by atoms with Gasteiger partial charge in [-0.2, -0.15) is 5.10 Å². The van der Waals surface area contributed by atoms with E-state index in [2.05, 4.69) is 5.10 Å². The van der Waals surface area contributed by atoms with Crippen LogP contribution in [0.15, 0.2) is 42.6 Å². The van der Waals surface area contributed by atoms with E-state index in [1.165, 1.54) is 12.8 Å². The van der Waals surface area contributed by atoms with Gasteiger partial charge in [0.2, 0.25) is 0 Å². The first-order chi connectivity index (χ1) is 12.6. The second-order valence-corrected chi connectivity index (χ2v) is 7.06. The maximum atomic E-state index is 11.4. The lowest BCUT2D eigenvalue weighted by molar-refractivity contribution is 0.0699. The molecule has 1 aliphatic rings. The summed E-state index contributed by atoms with van der Waals surface area (Å²) < 4.78 is 7.98. The minimum atomic E-state index is -0.955. The molecule has 2 aromatic carbocycles. The third-order valence-corrected chi connectivity index (χ3v) is 5.09. The average molecular weight is 371 g/mol. The molecule has 0 unspecified atom stereocenters. The van der Waals surface area contributed by atoms with Crippen LogP contribution in [0.3, 0.4) is 0 Å². The van der Waals surface area contributed by atoms with E-state index in [4.69, 9.17) is 16.3 Å². The lowest BCUT2D eigenvalue weighted by Gasteiger charge is -2.17. The van der Waals surface area contributed by atoms with Gasteiger partial charge in [-0.05, 0) is 56.0 Å². The van der Waals surface area contributed by atoms with Crippen LogP contribution in [0.1, 0.15) is 41.6 Å². The topological polar surface area (TPSA) is 64.3 Å². The first-order valence-corrected chi connectivity index (χ1v) is 9.12. The maximum Gasteiger partial charge on any atom is 0.336 e. The third kappa shape index (κ3) is 3.27. The van der Waals surface area contributed by atoms with E-state index >= 15 is 0 Å². The van der Waals surface area contributed by atoms with Crippen LogP contribution < -0.4 is 4.74 Å². The van der Waals surface area contributed by atoms with Crippen molar-refractivity contribution in [2.24, 2.45) is 0 Å². The molecule has 5 nitrogen and oxygen atoms in total. The van der Waals surface area contributed by atoms with Crippen LogP contribution in [0.25, 0.3) is 10.9 Å². The van der Waals surface area contributed by atoms with Crippen LogP contribution in [0, 0.1) is 0 Å². The summed E-state index contributed by atoms with van der Waals surface area (Å²) in [6.07, 6.45) is 6.41. The minimum Gasteiger partial charge on any atom is -0.490 e. The zero-order valence-electron chi connectivity index (χ0n) is 14.2. The molecule has 0 radical (unpaired) electrons. The first-order valence-electron chi connectivity index (χ1n) is 8.75. The molecular weight excluding hydrogens is 352 g/mol. The smallest absolute Gasteiger partial charge is 0.336 e. The van der Waals surface area contributed by atoms with Gasteiger partial charge >= 0.3 is 5.97 Å². The molecule has 1 fully saturated rings. The molecule has 0 saturated heterocycles. The summed E-state index contributed by atoms with van der Waals surface area (Å²) in [7, 11) is 0. The summed E-state index contributed by atoms with van der Waals surface area (Å²) in [5, 5.41) is 15.0. The number of carbonyl (C=O) groups is 1. The van der Waals surface area contributed by atoms with Crippen LogP contribution in [0.5, 0.6) is 5.75 Å². The van der Waals surface area contributed by atoms with E-state index < -0.39 is 5.97 Å². The van der Waals surface area contributed by atoms with Crippen LogP contribution in [0.2, 0.25) is 5.02 Å². The fraction of sp³-hybridized carbons (Fsp3) is 0.300. The molecule has 1 N–H and O–H groups in total. The van der Waals surface area contributed by atoms with Crippen molar-refractivity contribution in [3.63, 3.8) is 0 Å². The lowest BCUT2D eigenvalue weighted by atomic mass is 10.1. The maximum absolute atomic E-state index is 11.4. The van der Waals surface area contributed by atoms with Gasteiger partial charge in [-0.1, -0.05) is 17.7 Å². The van der Waals surface area contributed by atoms with Gasteiger partial charge in [-0.3, -0.25) is 4.68 Å². The minimum absolute atomic E-state index is 0.252. The summed E-state index contributed by atoms with van der Waals surface area (Å²) in [6.45, 7) is 0.467. The summed E-state index contributed by atoms with van der Waals surface area (Å²) >= 11 is 6.20. The zero-order chi connectivity index (χ0) is 18.1. The number of nitrogens with zero attached hydrogens (tertiary/aromatic N) is 2. The summed E-state index contributed by atoms with van der Waals surface area (Å²) in [5.74, 6) is -0.137. The van der Waals surface area contributed by atoms with Crippen LogP contribution in [-0.2, 0) is 6.54 Å². The molecule has 26 heavy (non-hydrogen) atoms. The quantitative estimate of drug-likeness (QED) is 0.703. The number of hydrogen-bond donors (Lipinski definition) is 1. The Hall–Kier alpha value is -2.53. The molecule has 1 aromatic heterocycles. The molecule has 6 heteroatoms. The predicted octanol–water partition coefficient (Wildman–Crippen LogP) is 4.76. The number of aromatic carboxylic acids is 1. The number of carboxylic acid groups (broad SMARTS) is 1. The molecule has 1 aliphatic carbocycles. The SMILES string of the molecule is O=C(O)c1cccc2c1cnn2Cc1cc(Cl)ccc1OC1CCCC1. The van der Waals surface area contributed by atoms with E-state index in [1.54, 1.807) is 23.0 Å². The Bertz CT molecular complexity index is 961. The molecule has 4 rings (SSSR count). The Balaban J connectivity index is 1.69. The van der Waals surface area contributed by atoms with Crippen molar-refractivity contribution < 1.29 is 14.6 Å². The van der Waals surface area contributed by atoms with Crippen LogP contribution in [-0.4, -0.2) is 27.0 Å². The number of aromatic nitrogens is 2. The van der Waals surface area contributed by atoms with Crippen molar-refractivity contribution in [3.8, 4) is 5.75 Å². The zero-order valence-corrected chi connectivity index (χ0v) is 14.9. The lowest BCUT2D eigenvalue weighted by Crippen LogP contribution is -2.13. The Labute approximate surface area is 156 Å². The van der Waals surface area contributed by atoms with Gasteiger partial charge in [-0.15, -0.1) is 0 Å². The largest absolute Gasteiger partial charge is 0.490 e. The number of hydrogen-bond acceptors (Lipinski definition) is 3. The number of ether oxygens (including phenoxy) is 1. The second-order valence-electron chi connectivity index (χ2n) is 6.62. The van der Waals surface area contributed by atoms with Crippen molar-refractivity contribution in [3.05, 3.63) is 58.7 Å². The molecular formula is C20H19ClN2O3. The third-order valence-electron chi connectivity index (χ3n) is 4.86. The molecule has 1 saturated carbocycles. The van der Waals surface area contributed by atoms with E-state index in [9.17, 15) is 9.90 Å². The number of benzene rings is 2.